The van der Waals surface area contributed by atoms with E-state index in [4.69, 9.17) is 4.74 Å². The minimum atomic E-state index is -0.294. The Morgan fingerprint density at radius 3 is 2.93 bits per heavy atom. The molecule has 0 aliphatic rings. The van der Waals surface area contributed by atoms with Crippen molar-refractivity contribution in [2.24, 2.45) is 0 Å². The Morgan fingerprint density at radius 2 is 2.33 bits per heavy atom. The maximum absolute atomic E-state index is 12.6. The molecule has 0 atom stereocenters. The summed E-state index contributed by atoms with van der Waals surface area (Å²) in [5.74, 6) is 0.168. The van der Waals surface area contributed by atoms with Crippen LogP contribution < -0.4 is 4.74 Å². The van der Waals surface area contributed by atoms with E-state index in [0.29, 0.717) is 12.4 Å². The van der Waals surface area contributed by atoms with Crippen LogP contribution in [0.4, 0.5) is 4.39 Å². The summed E-state index contributed by atoms with van der Waals surface area (Å²) in [6.07, 6.45) is 3.64. The van der Waals surface area contributed by atoms with Crippen LogP contribution in [-0.2, 0) is 16.3 Å². The van der Waals surface area contributed by atoms with Gasteiger partial charge in [0.05, 0.1) is 6.61 Å². The van der Waals surface area contributed by atoms with Gasteiger partial charge in [-0.1, -0.05) is 12.1 Å². The van der Waals surface area contributed by atoms with E-state index in [1.165, 1.54) is 34.5 Å². The zero-order chi connectivity index (χ0) is 11.5. The van der Waals surface area contributed by atoms with Gasteiger partial charge in [0.1, 0.15) is 0 Å². The second-order valence-corrected chi connectivity index (χ2v) is 2.65. The first-order chi connectivity index (χ1) is 7.33. The van der Waals surface area contributed by atoms with Gasteiger partial charge < -0.3 is 4.74 Å². The van der Waals surface area contributed by atoms with Crippen molar-refractivity contribution in [2.45, 2.75) is 12.8 Å². The van der Waals surface area contributed by atoms with Crippen LogP contribution >= 0.6 is 13.6 Å². The molecular weight excluding hydrogens is 312 g/mol. The van der Waals surface area contributed by atoms with Crippen molar-refractivity contribution in [1.29, 1.82) is 0 Å². The third-order valence-electron chi connectivity index (χ3n) is 1.55. The van der Waals surface area contributed by atoms with Gasteiger partial charge in [-0.05, 0) is 12.8 Å². The van der Waals surface area contributed by atoms with E-state index in [1.807, 2.05) is 6.08 Å². The Balaban J connectivity index is 0.000000921. The summed E-state index contributed by atoms with van der Waals surface area (Å²) in [5.41, 5.74) is 0. The summed E-state index contributed by atoms with van der Waals surface area (Å²) < 4.78 is 17.9. The van der Waals surface area contributed by atoms with E-state index in [9.17, 15) is 4.39 Å². The van der Waals surface area contributed by atoms with Crippen molar-refractivity contribution < 1.29 is 25.5 Å². The summed E-state index contributed by atoms with van der Waals surface area (Å²) in [5, 5.41) is 0. The minimum absolute atomic E-state index is 0.294. The fourth-order valence-corrected chi connectivity index (χ4v) is 0.912. The van der Waals surface area contributed by atoms with Gasteiger partial charge in [-0.2, -0.15) is 6.07 Å². The molecule has 0 aliphatic carbocycles. The van der Waals surface area contributed by atoms with Crippen molar-refractivity contribution in [3.63, 3.8) is 0 Å². The second kappa shape index (κ2) is 10.3. The molecule has 0 saturated carbocycles. The summed E-state index contributed by atoms with van der Waals surface area (Å²) in [6.45, 7) is 4.17. The number of benzene rings is 1. The van der Waals surface area contributed by atoms with Gasteiger partial charge in [-0.25, -0.2) is 4.39 Å². The molecule has 0 aliphatic heterocycles. The molecule has 0 amide bonds. The molecule has 15 heavy (non-hydrogen) atoms. The van der Waals surface area contributed by atoms with Crippen LogP contribution in [0.2, 0.25) is 0 Å². The number of unbranched alkanes of at least 4 members (excludes halogenated alkanes) is 1. The number of hydrogen-bond donors (Lipinski definition) is 0. The fourth-order valence-electron chi connectivity index (χ4n) is 0.912. The standard InChI is InChI=1S/C11H12FO.BrH.Zn/c1-2-3-4-8-13-11-7-5-6-10(12)9-11;;/h2,5-6,9H,1,3-4,8H2;1H;/q-1;;+2/p-1. The first kappa shape index (κ1) is 14.8. The quantitative estimate of drug-likeness (QED) is 0.346. The van der Waals surface area contributed by atoms with Crippen molar-refractivity contribution in [1.82, 2.24) is 0 Å². The van der Waals surface area contributed by atoms with Crippen LogP contribution in [0.15, 0.2) is 30.9 Å². The third kappa shape index (κ3) is 7.69. The van der Waals surface area contributed by atoms with Crippen molar-refractivity contribution in [3.8, 4) is 5.75 Å². The summed E-state index contributed by atoms with van der Waals surface area (Å²) in [7, 11) is 0. The molecule has 1 nitrogen and oxygen atoms in total. The Bertz CT molecular complexity index is 281. The zero-order valence-corrected chi connectivity index (χ0v) is 13.1. The van der Waals surface area contributed by atoms with Gasteiger partial charge in [0.15, 0.2) is 0 Å². The van der Waals surface area contributed by atoms with Crippen LogP contribution in [0.3, 0.4) is 0 Å². The molecule has 1 aromatic rings. The second-order valence-electron chi connectivity index (χ2n) is 2.65. The Hall–Kier alpha value is -0.207. The molecule has 0 heterocycles. The van der Waals surface area contributed by atoms with E-state index in [1.54, 1.807) is 0 Å². The van der Waals surface area contributed by atoms with Crippen LogP contribution in [-0.4, -0.2) is 6.61 Å². The monoisotopic (exact) mass is 322 g/mol. The molecule has 0 N–H and O–H groups in total. The first-order valence-corrected chi connectivity index (χ1v) is 11.5. The van der Waals surface area contributed by atoms with Crippen molar-refractivity contribution >= 4 is 13.6 Å². The van der Waals surface area contributed by atoms with Crippen molar-refractivity contribution in [3.05, 3.63) is 42.7 Å². The van der Waals surface area contributed by atoms with Crippen LogP contribution in [0.5, 0.6) is 5.75 Å². The molecule has 0 spiro atoms. The number of allylic oxidation sites excluding steroid dienone is 1. The molecule has 0 bridgehead atoms. The van der Waals surface area contributed by atoms with Crippen LogP contribution in [0.25, 0.3) is 0 Å². The van der Waals surface area contributed by atoms with Gasteiger partial charge in [0.25, 0.3) is 0 Å². The first-order valence-electron chi connectivity index (χ1n) is 4.50. The van der Waals surface area contributed by atoms with E-state index >= 15 is 0 Å². The molecule has 1 aromatic carbocycles. The van der Waals surface area contributed by atoms with Gasteiger partial charge >= 0.3 is 30.0 Å². The molecular formula is C11H12BrFOZn. The number of rotatable bonds is 5. The van der Waals surface area contributed by atoms with Crippen molar-refractivity contribution in [2.75, 3.05) is 6.61 Å². The van der Waals surface area contributed by atoms with Gasteiger partial charge in [0.2, 0.25) is 0 Å². The predicted molar refractivity (Wildman–Crippen MR) is 59.1 cm³/mol. The Morgan fingerprint density at radius 1 is 1.60 bits per heavy atom. The molecule has 78 valence electrons. The average Bonchev–Trinajstić information content (AvgIpc) is 2.27. The van der Waals surface area contributed by atoms with Gasteiger partial charge in [0, 0.05) is 11.6 Å². The summed E-state index contributed by atoms with van der Waals surface area (Å²) in [4.78, 5) is 0. The SMILES string of the molecule is C=CCCCOc1[c-]ccc(F)c1.[Zn+][Br]. The average molecular weight is 325 g/mol. The number of hydrogen-bond acceptors (Lipinski definition) is 1. The topological polar surface area (TPSA) is 9.23 Å². The van der Waals surface area contributed by atoms with Crippen LogP contribution in [0.1, 0.15) is 12.8 Å². The van der Waals surface area contributed by atoms with E-state index < -0.39 is 0 Å². The molecule has 0 aromatic heterocycles. The normalized spacial score (nSPS) is 8.80. The molecule has 0 radical (unpaired) electrons. The predicted octanol–water partition coefficient (Wildman–Crippen LogP) is 3.81. The Labute approximate surface area is 107 Å². The summed E-state index contributed by atoms with van der Waals surface area (Å²) >= 11 is 4.25. The number of halogens is 2. The van der Waals surface area contributed by atoms with Crippen LogP contribution in [0, 0.1) is 11.9 Å². The van der Waals surface area contributed by atoms with E-state index in [0.717, 1.165) is 12.8 Å². The fraction of sp³-hybridized carbons (Fsp3) is 0.273. The van der Waals surface area contributed by atoms with Gasteiger partial charge in [-0.3, -0.25) is 0 Å². The maximum atomic E-state index is 12.6. The number of ether oxygens (including phenoxy) is 1. The molecule has 0 fully saturated rings. The zero-order valence-electron chi connectivity index (χ0n) is 8.51. The Kier molecular flexibility index (Phi) is 10.2. The van der Waals surface area contributed by atoms with Gasteiger partial charge in [-0.15, -0.1) is 18.7 Å². The molecule has 0 unspecified atom stereocenters. The molecule has 0 saturated heterocycles. The van der Waals surface area contributed by atoms with E-state index in [-0.39, 0.29) is 5.82 Å². The van der Waals surface area contributed by atoms with E-state index in [2.05, 4.69) is 26.3 Å². The summed E-state index contributed by atoms with van der Waals surface area (Å²) in [6, 6.07) is 6.98. The third-order valence-corrected chi connectivity index (χ3v) is 1.55. The molecule has 1 rings (SSSR count). The molecule has 4 heteroatoms.